The van der Waals surface area contributed by atoms with Crippen molar-refractivity contribution in [3.8, 4) is 0 Å². The van der Waals surface area contributed by atoms with E-state index in [2.05, 4.69) is 20.6 Å². The summed E-state index contributed by atoms with van der Waals surface area (Å²) in [6, 6.07) is 7.45. The first kappa shape index (κ1) is 15.5. The fourth-order valence-electron chi connectivity index (χ4n) is 2.48. The van der Waals surface area contributed by atoms with Crippen molar-refractivity contribution >= 4 is 33.8 Å². The van der Waals surface area contributed by atoms with Gasteiger partial charge in [0.2, 0.25) is 10.9 Å². The summed E-state index contributed by atoms with van der Waals surface area (Å²) in [5.41, 5.74) is 1.03. The molecule has 1 aliphatic rings. The van der Waals surface area contributed by atoms with Crippen LogP contribution in [0, 0.1) is 0 Å². The topological polar surface area (TPSA) is 72.2 Å². The zero-order valence-corrected chi connectivity index (χ0v) is 14.5. The first-order valence-electron chi connectivity index (χ1n) is 7.91. The van der Waals surface area contributed by atoms with Crippen LogP contribution in [0.1, 0.15) is 41.6 Å². The van der Waals surface area contributed by atoms with E-state index >= 15 is 0 Å². The van der Waals surface area contributed by atoms with Crippen LogP contribution in [-0.4, -0.2) is 25.7 Å². The van der Waals surface area contributed by atoms with Crippen LogP contribution < -0.4 is 5.32 Å². The number of aryl methyl sites for hydroxylation is 1. The second-order valence-electron chi connectivity index (χ2n) is 5.93. The monoisotopic (exact) mass is 361 g/mol. The van der Waals surface area contributed by atoms with Crippen molar-refractivity contribution in [1.29, 1.82) is 0 Å². The van der Waals surface area contributed by atoms with Crippen LogP contribution in [0.5, 0.6) is 0 Å². The minimum atomic E-state index is 0.0123. The number of hydrogen-bond donors (Lipinski definition) is 1. The SMILES string of the molecule is O=C(CCc1nn2c(C3CC3)nnc2s1)NCc1ccc(Cl)cc1. The molecule has 0 radical (unpaired) electrons. The van der Waals surface area contributed by atoms with Gasteiger partial charge in [0.1, 0.15) is 5.01 Å². The van der Waals surface area contributed by atoms with Crippen molar-refractivity contribution in [3.05, 3.63) is 45.7 Å². The Hall–Kier alpha value is -1.99. The van der Waals surface area contributed by atoms with E-state index < -0.39 is 0 Å². The number of carbonyl (C=O) groups is 1. The lowest BCUT2D eigenvalue weighted by molar-refractivity contribution is -0.121. The van der Waals surface area contributed by atoms with Gasteiger partial charge in [0, 0.05) is 30.3 Å². The second kappa shape index (κ2) is 6.49. The number of fused-ring (bicyclic) bond motifs is 1. The smallest absolute Gasteiger partial charge is 0.234 e. The van der Waals surface area contributed by atoms with E-state index in [1.54, 1.807) is 0 Å². The lowest BCUT2D eigenvalue weighted by Gasteiger charge is -2.04. The Morgan fingerprint density at radius 1 is 1.29 bits per heavy atom. The van der Waals surface area contributed by atoms with E-state index in [9.17, 15) is 4.79 Å². The normalized spacial score (nSPS) is 14.2. The lowest BCUT2D eigenvalue weighted by Crippen LogP contribution is -2.22. The van der Waals surface area contributed by atoms with E-state index in [-0.39, 0.29) is 5.91 Å². The average molecular weight is 362 g/mol. The van der Waals surface area contributed by atoms with Crippen molar-refractivity contribution < 1.29 is 4.79 Å². The lowest BCUT2D eigenvalue weighted by atomic mass is 10.2. The predicted octanol–water partition coefficient (Wildman–Crippen LogP) is 2.97. The minimum Gasteiger partial charge on any atom is -0.352 e. The van der Waals surface area contributed by atoms with E-state index in [4.69, 9.17) is 11.6 Å². The molecule has 8 heteroatoms. The average Bonchev–Trinajstić information content (AvgIpc) is 3.22. The van der Waals surface area contributed by atoms with Crippen LogP contribution in [-0.2, 0) is 17.8 Å². The molecule has 2 heterocycles. The Morgan fingerprint density at radius 3 is 2.83 bits per heavy atom. The molecule has 0 saturated heterocycles. The summed E-state index contributed by atoms with van der Waals surface area (Å²) in [6.07, 6.45) is 3.36. The van der Waals surface area contributed by atoms with Crippen LogP contribution in [0.4, 0.5) is 0 Å². The van der Waals surface area contributed by atoms with Crippen LogP contribution in [0.15, 0.2) is 24.3 Å². The Morgan fingerprint density at radius 2 is 2.08 bits per heavy atom. The van der Waals surface area contributed by atoms with Gasteiger partial charge in [-0.15, -0.1) is 10.2 Å². The molecule has 1 aromatic carbocycles. The maximum atomic E-state index is 12.0. The molecule has 1 aliphatic carbocycles. The molecule has 1 saturated carbocycles. The van der Waals surface area contributed by atoms with Crippen LogP contribution in [0.25, 0.3) is 4.96 Å². The highest BCUT2D eigenvalue weighted by Gasteiger charge is 2.30. The fraction of sp³-hybridized carbons (Fsp3) is 0.375. The summed E-state index contributed by atoms with van der Waals surface area (Å²) in [6.45, 7) is 0.507. The number of hydrogen-bond acceptors (Lipinski definition) is 5. The third kappa shape index (κ3) is 3.42. The highest BCUT2D eigenvalue weighted by molar-refractivity contribution is 7.16. The van der Waals surface area contributed by atoms with Crippen LogP contribution >= 0.6 is 22.9 Å². The second-order valence-corrected chi connectivity index (χ2v) is 7.40. The van der Waals surface area contributed by atoms with Gasteiger partial charge in [-0.2, -0.15) is 9.61 Å². The van der Waals surface area contributed by atoms with Gasteiger partial charge in [0.05, 0.1) is 0 Å². The van der Waals surface area contributed by atoms with E-state index in [1.165, 1.54) is 24.2 Å². The summed E-state index contributed by atoms with van der Waals surface area (Å²) < 4.78 is 1.84. The summed E-state index contributed by atoms with van der Waals surface area (Å²) in [7, 11) is 0. The van der Waals surface area contributed by atoms with Gasteiger partial charge in [0.15, 0.2) is 5.82 Å². The molecule has 24 heavy (non-hydrogen) atoms. The Bertz CT molecular complexity index is 868. The molecule has 3 aromatic rings. The van der Waals surface area contributed by atoms with Crippen LogP contribution in [0.3, 0.4) is 0 Å². The van der Waals surface area contributed by atoms with Gasteiger partial charge in [-0.3, -0.25) is 4.79 Å². The molecular weight excluding hydrogens is 346 g/mol. The molecule has 124 valence electrons. The van der Waals surface area contributed by atoms with Crippen molar-refractivity contribution in [2.24, 2.45) is 0 Å². The van der Waals surface area contributed by atoms with E-state index in [0.717, 1.165) is 21.4 Å². The van der Waals surface area contributed by atoms with Gasteiger partial charge in [-0.25, -0.2) is 0 Å². The first-order chi connectivity index (χ1) is 11.7. The number of nitrogens with one attached hydrogen (secondary N) is 1. The third-order valence-corrected chi connectivity index (χ3v) is 5.18. The predicted molar refractivity (Wildman–Crippen MR) is 92.3 cm³/mol. The molecule has 6 nitrogen and oxygen atoms in total. The number of rotatable bonds is 6. The number of benzene rings is 1. The minimum absolute atomic E-state index is 0.0123. The van der Waals surface area contributed by atoms with E-state index in [0.29, 0.717) is 30.3 Å². The molecule has 0 unspecified atom stereocenters. The van der Waals surface area contributed by atoms with Gasteiger partial charge < -0.3 is 5.32 Å². The van der Waals surface area contributed by atoms with Crippen molar-refractivity contribution in [1.82, 2.24) is 25.1 Å². The van der Waals surface area contributed by atoms with Crippen LogP contribution in [0.2, 0.25) is 5.02 Å². The summed E-state index contributed by atoms with van der Waals surface area (Å²) in [5, 5.41) is 17.4. The zero-order chi connectivity index (χ0) is 16.5. The maximum Gasteiger partial charge on any atom is 0.234 e. The fourth-order valence-corrected chi connectivity index (χ4v) is 3.45. The summed E-state index contributed by atoms with van der Waals surface area (Å²) >= 11 is 7.35. The van der Waals surface area contributed by atoms with Crippen molar-refractivity contribution in [2.75, 3.05) is 0 Å². The molecular formula is C16H16ClN5OS. The zero-order valence-electron chi connectivity index (χ0n) is 12.9. The standard InChI is InChI=1S/C16H16ClN5OS/c17-12-5-1-10(2-6-12)9-18-13(23)7-8-14-21-22-15(11-3-4-11)19-20-16(22)24-14/h1-2,5-6,11H,3-4,7-9H2,(H,18,23). The summed E-state index contributed by atoms with van der Waals surface area (Å²) in [5.74, 6) is 1.48. The quantitative estimate of drug-likeness (QED) is 0.732. The Labute approximate surface area is 147 Å². The summed E-state index contributed by atoms with van der Waals surface area (Å²) in [4.78, 5) is 12.8. The van der Waals surface area contributed by atoms with Gasteiger partial charge >= 0.3 is 0 Å². The highest BCUT2D eigenvalue weighted by atomic mass is 35.5. The molecule has 1 amide bonds. The first-order valence-corrected chi connectivity index (χ1v) is 9.10. The van der Waals surface area contributed by atoms with Crippen molar-refractivity contribution in [3.63, 3.8) is 0 Å². The molecule has 0 atom stereocenters. The van der Waals surface area contributed by atoms with E-state index in [1.807, 2.05) is 28.8 Å². The number of halogens is 1. The Kier molecular flexibility index (Phi) is 4.20. The van der Waals surface area contributed by atoms with Gasteiger partial charge in [-0.05, 0) is 30.5 Å². The number of nitrogens with zero attached hydrogens (tertiary/aromatic N) is 4. The Balaban J connectivity index is 1.31. The molecule has 1 N–H and O–H groups in total. The molecule has 2 aromatic heterocycles. The number of amides is 1. The van der Waals surface area contributed by atoms with Gasteiger partial charge in [-0.1, -0.05) is 35.1 Å². The maximum absolute atomic E-state index is 12.0. The highest BCUT2D eigenvalue weighted by Crippen LogP contribution is 2.39. The third-order valence-electron chi connectivity index (χ3n) is 3.97. The molecule has 0 spiro atoms. The molecule has 4 rings (SSSR count). The molecule has 0 aliphatic heterocycles. The van der Waals surface area contributed by atoms with Gasteiger partial charge in [0.25, 0.3) is 0 Å². The number of carbonyl (C=O) groups excluding carboxylic acids is 1. The molecule has 1 fully saturated rings. The van der Waals surface area contributed by atoms with Crippen molar-refractivity contribution in [2.45, 2.75) is 38.1 Å². The number of aromatic nitrogens is 4. The molecule has 0 bridgehead atoms. The largest absolute Gasteiger partial charge is 0.352 e.